The first-order valence-corrected chi connectivity index (χ1v) is 9.47. The molecule has 3 rings (SSSR count). The number of carbonyl (C=O) groups is 1. The SMILES string of the molecule is CCN(CC)C(CNC(=O)c1cc2cc(C)ccc2nc1C)c1ccco1. The van der Waals surface area contributed by atoms with Crippen molar-refractivity contribution in [2.75, 3.05) is 19.6 Å². The first-order valence-electron chi connectivity index (χ1n) is 9.47. The number of carbonyl (C=O) groups excluding carboxylic acids is 1. The number of aromatic nitrogens is 1. The van der Waals surface area contributed by atoms with Crippen LogP contribution >= 0.6 is 0 Å². The summed E-state index contributed by atoms with van der Waals surface area (Å²) in [5, 5.41) is 4.06. The van der Waals surface area contributed by atoms with Gasteiger partial charge in [-0.15, -0.1) is 0 Å². The number of furan rings is 1. The largest absolute Gasteiger partial charge is 0.468 e. The van der Waals surface area contributed by atoms with E-state index >= 15 is 0 Å². The van der Waals surface area contributed by atoms with E-state index in [2.05, 4.69) is 35.1 Å². The number of hydrogen-bond donors (Lipinski definition) is 1. The lowest BCUT2D eigenvalue weighted by atomic mass is 10.1. The molecule has 2 aromatic heterocycles. The molecule has 0 saturated carbocycles. The van der Waals surface area contributed by atoms with Gasteiger partial charge in [0.25, 0.3) is 5.91 Å². The van der Waals surface area contributed by atoms with Gasteiger partial charge in [0.15, 0.2) is 0 Å². The summed E-state index contributed by atoms with van der Waals surface area (Å²) in [5.74, 6) is 0.759. The maximum absolute atomic E-state index is 12.9. The number of aryl methyl sites for hydroxylation is 2. The number of nitrogens with zero attached hydrogens (tertiary/aromatic N) is 2. The summed E-state index contributed by atoms with van der Waals surface area (Å²) in [6.07, 6.45) is 1.67. The van der Waals surface area contributed by atoms with Gasteiger partial charge in [-0.3, -0.25) is 14.7 Å². The highest BCUT2D eigenvalue weighted by Gasteiger charge is 2.22. The molecule has 0 saturated heterocycles. The summed E-state index contributed by atoms with van der Waals surface area (Å²) in [6.45, 7) is 10.4. The molecule has 0 aliphatic rings. The number of rotatable bonds is 7. The number of pyridine rings is 1. The third kappa shape index (κ3) is 4.19. The second-order valence-corrected chi connectivity index (χ2v) is 6.78. The Morgan fingerprint density at radius 3 is 2.63 bits per heavy atom. The van der Waals surface area contributed by atoms with Crippen molar-refractivity contribution in [2.45, 2.75) is 33.7 Å². The van der Waals surface area contributed by atoms with Crippen LogP contribution < -0.4 is 5.32 Å². The molecule has 2 heterocycles. The minimum absolute atomic E-state index is 0.00918. The van der Waals surface area contributed by atoms with Crippen molar-refractivity contribution >= 4 is 16.8 Å². The molecule has 5 heteroatoms. The van der Waals surface area contributed by atoms with Crippen molar-refractivity contribution in [2.24, 2.45) is 0 Å². The smallest absolute Gasteiger partial charge is 0.253 e. The molecule has 1 aromatic carbocycles. The number of fused-ring (bicyclic) bond motifs is 1. The Labute approximate surface area is 160 Å². The van der Waals surface area contributed by atoms with E-state index < -0.39 is 0 Å². The van der Waals surface area contributed by atoms with Gasteiger partial charge in [0.1, 0.15) is 5.76 Å². The number of likely N-dealkylation sites (N-methyl/N-ethyl adjacent to an activating group) is 1. The summed E-state index contributed by atoms with van der Waals surface area (Å²) in [4.78, 5) is 19.7. The standard InChI is InChI=1S/C22H27N3O2/c1-5-25(6-2)20(21-8-7-11-27-21)14-23-22(26)18-13-17-12-15(3)9-10-19(17)24-16(18)4/h7-13,20H,5-6,14H2,1-4H3,(H,23,26). The van der Waals surface area contributed by atoms with Crippen LogP contribution in [-0.2, 0) is 0 Å². The number of benzene rings is 1. The van der Waals surface area contributed by atoms with E-state index in [1.54, 1.807) is 6.26 Å². The van der Waals surface area contributed by atoms with Gasteiger partial charge in [0, 0.05) is 11.9 Å². The second-order valence-electron chi connectivity index (χ2n) is 6.78. The Bertz CT molecular complexity index is 915. The Morgan fingerprint density at radius 2 is 1.96 bits per heavy atom. The Hall–Kier alpha value is -2.66. The predicted molar refractivity (Wildman–Crippen MR) is 108 cm³/mol. The van der Waals surface area contributed by atoms with Crippen molar-refractivity contribution in [3.63, 3.8) is 0 Å². The van der Waals surface area contributed by atoms with Crippen molar-refractivity contribution in [3.05, 3.63) is 65.2 Å². The molecule has 0 fully saturated rings. The zero-order valence-corrected chi connectivity index (χ0v) is 16.5. The molecule has 27 heavy (non-hydrogen) atoms. The maximum Gasteiger partial charge on any atom is 0.253 e. The monoisotopic (exact) mass is 365 g/mol. The fourth-order valence-electron chi connectivity index (χ4n) is 3.46. The highest BCUT2D eigenvalue weighted by atomic mass is 16.3. The van der Waals surface area contributed by atoms with E-state index in [1.165, 1.54) is 0 Å². The number of hydrogen-bond acceptors (Lipinski definition) is 4. The first-order chi connectivity index (χ1) is 13.0. The van der Waals surface area contributed by atoms with Crippen molar-refractivity contribution < 1.29 is 9.21 Å². The minimum Gasteiger partial charge on any atom is -0.468 e. The van der Waals surface area contributed by atoms with E-state index in [4.69, 9.17) is 4.42 Å². The van der Waals surface area contributed by atoms with Crippen LogP contribution in [0.25, 0.3) is 10.9 Å². The molecule has 0 radical (unpaired) electrons. The van der Waals surface area contributed by atoms with E-state index in [1.807, 2.05) is 44.2 Å². The summed E-state index contributed by atoms with van der Waals surface area (Å²) in [6, 6.07) is 11.9. The molecule has 142 valence electrons. The topological polar surface area (TPSA) is 58.4 Å². The second kappa shape index (κ2) is 8.35. The van der Waals surface area contributed by atoms with E-state index in [-0.39, 0.29) is 11.9 Å². The molecule has 3 aromatic rings. The summed E-state index contributed by atoms with van der Waals surface area (Å²) < 4.78 is 5.61. The van der Waals surface area contributed by atoms with Crippen LogP contribution in [0.2, 0.25) is 0 Å². The molecule has 1 N–H and O–H groups in total. The molecule has 1 atom stereocenters. The average molecular weight is 365 g/mol. The summed E-state index contributed by atoms with van der Waals surface area (Å²) in [7, 11) is 0. The van der Waals surface area contributed by atoms with Crippen LogP contribution in [0.15, 0.2) is 47.1 Å². The molecule has 1 unspecified atom stereocenters. The summed E-state index contributed by atoms with van der Waals surface area (Å²) >= 11 is 0. The van der Waals surface area contributed by atoms with Gasteiger partial charge >= 0.3 is 0 Å². The van der Waals surface area contributed by atoms with Crippen LogP contribution in [0, 0.1) is 13.8 Å². The third-order valence-electron chi connectivity index (χ3n) is 4.99. The van der Waals surface area contributed by atoms with Gasteiger partial charge < -0.3 is 9.73 Å². The molecule has 0 spiro atoms. The van der Waals surface area contributed by atoms with E-state index in [0.717, 1.165) is 41.0 Å². The predicted octanol–water partition coefficient (Wildman–Crippen LogP) is 4.26. The molecule has 1 amide bonds. The van der Waals surface area contributed by atoms with E-state index in [9.17, 15) is 4.79 Å². The lowest BCUT2D eigenvalue weighted by Crippen LogP contribution is -2.38. The molecular weight excluding hydrogens is 338 g/mol. The van der Waals surface area contributed by atoms with Gasteiger partial charge in [-0.25, -0.2) is 0 Å². The molecule has 0 aliphatic heterocycles. The first kappa shape index (κ1) is 19.1. The molecule has 5 nitrogen and oxygen atoms in total. The average Bonchev–Trinajstić information content (AvgIpc) is 3.19. The normalized spacial score (nSPS) is 12.5. The Kier molecular flexibility index (Phi) is 5.91. The summed E-state index contributed by atoms with van der Waals surface area (Å²) in [5.41, 5.74) is 3.41. The lowest BCUT2D eigenvalue weighted by Gasteiger charge is -2.28. The number of nitrogens with one attached hydrogen (secondary N) is 1. The van der Waals surface area contributed by atoms with Crippen LogP contribution in [0.4, 0.5) is 0 Å². The van der Waals surface area contributed by atoms with Gasteiger partial charge in [0.05, 0.1) is 29.1 Å². The van der Waals surface area contributed by atoms with Crippen LogP contribution in [0.5, 0.6) is 0 Å². The van der Waals surface area contributed by atoms with Crippen LogP contribution in [0.1, 0.15) is 47.3 Å². The van der Waals surface area contributed by atoms with Crippen molar-refractivity contribution in [1.82, 2.24) is 15.2 Å². The zero-order valence-electron chi connectivity index (χ0n) is 16.5. The van der Waals surface area contributed by atoms with Gasteiger partial charge in [-0.2, -0.15) is 0 Å². The van der Waals surface area contributed by atoms with Gasteiger partial charge in [-0.05, 0) is 57.3 Å². The third-order valence-corrected chi connectivity index (χ3v) is 4.99. The molecular formula is C22H27N3O2. The molecule has 0 aliphatic carbocycles. The quantitative estimate of drug-likeness (QED) is 0.680. The zero-order chi connectivity index (χ0) is 19.4. The number of amides is 1. The Balaban J connectivity index is 1.81. The van der Waals surface area contributed by atoms with Crippen LogP contribution in [0.3, 0.4) is 0 Å². The van der Waals surface area contributed by atoms with Crippen LogP contribution in [-0.4, -0.2) is 35.4 Å². The van der Waals surface area contributed by atoms with Crippen molar-refractivity contribution in [1.29, 1.82) is 0 Å². The van der Waals surface area contributed by atoms with E-state index in [0.29, 0.717) is 12.1 Å². The lowest BCUT2D eigenvalue weighted by molar-refractivity contribution is 0.0929. The highest BCUT2D eigenvalue weighted by Crippen LogP contribution is 2.21. The van der Waals surface area contributed by atoms with Gasteiger partial charge in [0.2, 0.25) is 0 Å². The molecule has 0 bridgehead atoms. The Morgan fingerprint density at radius 1 is 1.19 bits per heavy atom. The minimum atomic E-state index is -0.105. The maximum atomic E-state index is 12.9. The highest BCUT2D eigenvalue weighted by molar-refractivity contribution is 5.98. The fourth-order valence-corrected chi connectivity index (χ4v) is 3.46. The van der Waals surface area contributed by atoms with Crippen molar-refractivity contribution in [3.8, 4) is 0 Å². The van der Waals surface area contributed by atoms with Gasteiger partial charge in [-0.1, -0.05) is 25.5 Å². The fraction of sp³-hybridized carbons (Fsp3) is 0.364.